The maximum atomic E-state index is 11.4. The molecular formula is C11H20ClNO. The van der Waals surface area contributed by atoms with Crippen LogP contribution < -0.4 is 5.32 Å². The molecule has 1 rings (SSSR count). The number of rotatable bonds is 5. The van der Waals surface area contributed by atoms with Gasteiger partial charge in [0.25, 0.3) is 0 Å². The zero-order valence-electron chi connectivity index (χ0n) is 8.89. The van der Waals surface area contributed by atoms with E-state index in [1.54, 1.807) is 0 Å². The Morgan fingerprint density at radius 3 is 2.71 bits per heavy atom. The number of amides is 1. The van der Waals surface area contributed by atoms with Gasteiger partial charge in [-0.15, -0.1) is 11.6 Å². The minimum atomic E-state index is 0.154. The largest absolute Gasteiger partial charge is 0.356 e. The Kier molecular flexibility index (Phi) is 5.31. The first-order valence-corrected chi connectivity index (χ1v) is 6.03. The molecule has 1 saturated carbocycles. The highest BCUT2D eigenvalue weighted by molar-refractivity contribution is 6.20. The van der Waals surface area contributed by atoms with Crippen molar-refractivity contribution in [3.05, 3.63) is 0 Å². The highest BCUT2D eigenvalue weighted by Gasteiger charge is 2.17. The lowest BCUT2D eigenvalue weighted by atomic mass is 10.0. The van der Waals surface area contributed by atoms with Crippen molar-refractivity contribution in [1.82, 2.24) is 5.32 Å². The second-order valence-corrected chi connectivity index (χ2v) is 5.02. The van der Waals surface area contributed by atoms with Gasteiger partial charge in [-0.1, -0.05) is 12.8 Å². The Labute approximate surface area is 91.4 Å². The van der Waals surface area contributed by atoms with Crippen molar-refractivity contribution in [1.29, 1.82) is 0 Å². The van der Waals surface area contributed by atoms with E-state index < -0.39 is 0 Å². The van der Waals surface area contributed by atoms with E-state index in [0.717, 1.165) is 19.4 Å². The first kappa shape index (κ1) is 11.8. The highest BCUT2D eigenvalue weighted by atomic mass is 35.5. The van der Waals surface area contributed by atoms with E-state index in [-0.39, 0.29) is 11.3 Å². The fourth-order valence-corrected chi connectivity index (χ4v) is 2.07. The van der Waals surface area contributed by atoms with Crippen LogP contribution >= 0.6 is 11.6 Å². The smallest absolute Gasteiger partial charge is 0.220 e. The molecule has 1 atom stereocenters. The lowest BCUT2D eigenvalue weighted by Gasteiger charge is -2.09. The van der Waals surface area contributed by atoms with Crippen molar-refractivity contribution in [3.63, 3.8) is 0 Å². The summed E-state index contributed by atoms with van der Waals surface area (Å²) in [5, 5.41) is 3.07. The molecule has 0 aliphatic heterocycles. The van der Waals surface area contributed by atoms with Gasteiger partial charge >= 0.3 is 0 Å². The second-order valence-electron chi connectivity index (χ2n) is 4.27. The number of hydrogen-bond donors (Lipinski definition) is 1. The predicted octanol–water partition coefficient (Wildman–Crippen LogP) is 2.70. The molecule has 1 unspecified atom stereocenters. The van der Waals surface area contributed by atoms with Crippen LogP contribution in [0.2, 0.25) is 0 Å². The molecule has 3 heteroatoms. The topological polar surface area (TPSA) is 29.1 Å². The van der Waals surface area contributed by atoms with Gasteiger partial charge in [-0.3, -0.25) is 4.79 Å². The molecule has 1 aliphatic rings. The quantitative estimate of drug-likeness (QED) is 0.705. The van der Waals surface area contributed by atoms with Gasteiger partial charge in [0.2, 0.25) is 5.91 Å². The average molecular weight is 218 g/mol. The summed E-state index contributed by atoms with van der Waals surface area (Å²) >= 11 is 5.78. The van der Waals surface area contributed by atoms with Crippen LogP contribution in [0.15, 0.2) is 0 Å². The predicted molar refractivity (Wildman–Crippen MR) is 59.5 cm³/mol. The molecule has 0 saturated heterocycles. The summed E-state index contributed by atoms with van der Waals surface area (Å²) < 4.78 is 0. The maximum absolute atomic E-state index is 11.4. The SMILES string of the molecule is CC(Cl)CCNC(=O)CC1CCCC1. The van der Waals surface area contributed by atoms with Crippen LogP contribution in [-0.2, 0) is 4.79 Å². The summed E-state index contributed by atoms with van der Waals surface area (Å²) in [5.74, 6) is 0.845. The summed E-state index contributed by atoms with van der Waals surface area (Å²) in [6.07, 6.45) is 6.65. The molecule has 0 aromatic rings. The standard InChI is InChI=1S/C11H20ClNO/c1-9(12)6-7-13-11(14)8-10-4-2-3-5-10/h9-10H,2-8H2,1H3,(H,13,14). The molecule has 1 N–H and O–H groups in total. The van der Waals surface area contributed by atoms with Gasteiger partial charge in [0.15, 0.2) is 0 Å². The molecule has 0 aromatic heterocycles. The van der Waals surface area contributed by atoms with E-state index in [9.17, 15) is 4.79 Å². The van der Waals surface area contributed by atoms with Crippen LogP contribution in [0, 0.1) is 5.92 Å². The van der Waals surface area contributed by atoms with Gasteiger partial charge in [0.05, 0.1) is 0 Å². The fourth-order valence-electron chi connectivity index (χ4n) is 1.96. The van der Waals surface area contributed by atoms with Gasteiger partial charge in [-0.2, -0.15) is 0 Å². The van der Waals surface area contributed by atoms with Crippen LogP contribution in [0.4, 0.5) is 0 Å². The summed E-state index contributed by atoms with van der Waals surface area (Å²) in [5.41, 5.74) is 0. The van der Waals surface area contributed by atoms with E-state index in [2.05, 4.69) is 5.32 Å². The zero-order valence-corrected chi connectivity index (χ0v) is 9.65. The minimum Gasteiger partial charge on any atom is -0.356 e. The number of nitrogens with one attached hydrogen (secondary N) is 1. The Morgan fingerprint density at radius 1 is 1.50 bits per heavy atom. The second kappa shape index (κ2) is 6.28. The summed E-state index contributed by atoms with van der Waals surface area (Å²) in [4.78, 5) is 11.4. The fraction of sp³-hybridized carbons (Fsp3) is 0.909. The molecule has 82 valence electrons. The van der Waals surface area contributed by atoms with E-state index in [1.165, 1.54) is 25.7 Å². The number of carbonyl (C=O) groups excluding carboxylic acids is 1. The third-order valence-corrected chi connectivity index (χ3v) is 3.03. The minimum absolute atomic E-state index is 0.154. The normalized spacial score (nSPS) is 19.6. The lowest BCUT2D eigenvalue weighted by Crippen LogP contribution is -2.27. The monoisotopic (exact) mass is 217 g/mol. The maximum Gasteiger partial charge on any atom is 0.220 e. The summed E-state index contributed by atoms with van der Waals surface area (Å²) in [6.45, 7) is 2.67. The van der Waals surface area contributed by atoms with Crippen molar-refractivity contribution >= 4 is 17.5 Å². The van der Waals surface area contributed by atoms with E-state index in [0.29, 0.717) is 5.92 Å². The van der Waals surface area contributed by atoms with Crippen molar-refractivity contribution in [2.75, 3.05) is 6.54 Å². The molecule has 0 spiro atoms. The molecule has 0 bridgehead atoms. The van der Waals surface area contributed by atoms with Crippen molar-refractivity contribution < 1.29 is 4.79 Å². The van der Waals surface area contributed by atoms with Gasteiger partial charge in [-0.25, -0.2) is 0 Å². The Morgan fingerprint density at radius 2 is 2.14 bits per heavy atom. The van der Waals surface area contributed by atoms with Gasteiger partial charge < -0.3 is 5.32 Å². The van der Waals surface area contributed by atoms with Crippen molar-refractivity contribution in [3.8, 4) is 0 Å². The summed E-state index contributed by atoms with van der Waals surface area (Å²) in [7, 11) is 0. The van der Waals surface area contributed by atoms with Crippen LogP contribution in [0.25, 0.3) is 0 Å². The zero-order chi connectivity index (χ0) is 10.4. The third-order valence-electron chi connectivity index (χ3n) is 2.81. The molecule has 0 radical (unpaired) electrons. The van der Waals surface area contributed by atoms with Crippen molar-refractivity contribution in [2.45, 2.75) is 50.8 Å². The Hall–Kier alpha value is -0.240. The molecular weight excluding hydrogens is 198 g/mol. The third kappa shape index (κ3) is 4.85. The van der Waals surface area contributed by atoms with E-state index in [4.69, 9.17) is 11.6 Å². The number of halogens is 1. The Bertz CT molecular complexity index is 176. The Balaban J connectivity index is 2.03. The first-order valence-electron chi connectivity index (χ1n) is 5.59. The van der Waals surface area contributed by atoms with E-state index in [1.807, 2.05) is 6.92 Å². The summed E-state index contributed by atoms with van der Waals surface area (Å²) in [6, 6.07) is 0. The lowest BCUT2D eigenvalue weighted by molar-refractivity contribution is -0.121. The van der Waals surface area contributed by atoms with Gasteiger partial charge in [0.1, 0.15) is 0 Å². The molecule has 1 fully saturated rings. The molecule has 0 aromatic carbocycles. The van der Waals surface area contributed by atoms with Gasteiger partial charge in [0, 0.05) is 18.3 Å². The van der Waals surface area contributed by atoms with Crippen LogP contribution in [0.1, 0.15) is 45.4 Å². The molecule has 1 aliphatic carbocycles. The molecule has 2 nitrogen and oxygen atoms in total. The van der Waals surface area contributed by atoms with Crippen LogP contribution in [-0.4, -0.2) is 17.8 Å². The first-order chi connectivity index (χ1) is 6.68. The number of alkyl halides is 1. The van der Waals surface area contributed by atoms with Crippen molar-refractivity contribution in [2.24, 2.45) is 5.92 Å². The van der Waals surface area contributed by atoms with Crippen LogP contribution in [0.3, 0.4) is 0 Å². The molecule has 1 amide bonds. The highest BCUT2D eigenvalue weighted by Crippen LogP contribution is 2.27. The average Bonchev–Trinajstić information content (AvgIpc) is 2.56. The van der Waals surface area contributed by atoms with E-state index >= 15 is 0 Å². The van der Waals surface area contributed by atoms with Crippen LogP contribution in [0.5, 0.6) is 0 Å². The van der Waals surface area contributed by atoms with Gasteiger partial charge in [-0.05, 0) is 32.1 Å². The molecule has 14 heavy (non-hydrogen) atoms. The molecule has 0 heterocycles. The number of carbonyl (C=O) groups is 1. The number of hydrogen-bond acceptors (Lipinski definition) is 1.